The maximum Gasteiger partial charge on any atom is 0.164 e. The van der Waals surface area contributed by atoms with Crippen molar-refractivity contribution in [1.29, 1.82) is 0 Å². The van der Waals surface area contributed by atoms with Crippen molar-refractivity contribution in [2.45, 2.75) is 19.3 Å². The van der Waals surface area contributed by atoms with Crippen LogP contribution in [0.1, 0.15) is 25.0 Å². The van der Waals surface area contributed by atoms with Crippen LogP contribution in [0.25, 0.3) is 88.4 Å². The Morgan fingerprint density at radius 1 is 0.367 bits per heavy atom. The molecule has 0 spiro atoms. The van der Waals surface area contributed by atoms with Crippen molar-refractivity contribution in [1.82, 2.24) is 15.0 Å². The van der Waals surface area contributed by atoms with E-state index in [1.807, 2.05) is 18.2 Å². The Bertz CT molecular complexity index is 2800. The molecule has 1 aromatic heterocycles. The van der Waals surface area contributed by atoms with Gasteiger partial charge >= 0.3 is 0 Å². The van der Waals surface area contributed by atoms with Crippen molar-refractivity contribution >= 4 is 43.1 Å². The van der Waals surface area contributed by atoms with Crippen LogP contribution in [0.2, 0.25) is 0 Å². The normalized spacial score (nSPS) is 13.3. The highest BCUT2D eigenvalue weighted by atomic mass is 15.0. The first-order chi connectivity index (χ1) is 24.0. The molecule has 1 heterocycles. The number of rotatable bonds is 3. The van der Waals surface area contributed by atoms with E-state index in [9.17, 15) is 0 Å². The molecule has 8 aromatic carbocycles. The Kier molecular flexibility index (Phi) is 5.92. The molecule has 9 aromatic rings. The van der Waals surface area contributed by atoms with E-state index in [-0.39, 0.29) is 5.41 Å². The van der Waals surface area contributed by atoms with Crippen molar-refractivity contribution in [3.63, 3.8) is 0 Å². The zero-order valence-electron chi connectivity index (χ0n) is 27.3. The van der Waals surface area contributed by atoms with Gasteiger partial charge in [0.2, 0.25) is 0 Å². The minimum absolute atomic E-state index is 0.118. The molecule has 3 heteroatoms. The fraction of sp³-hybridized carbons (Fsp3) is 0.0652. The summed E-state index contributed by atoms with van der Waals surface area (Å²) in [6.45, 7) is 4.61. The minimum atomic E-state index is -0.118. The summed E-state index contributed by atoms with van der Waals surface area (Å²) in [6, 6.07) is 54.3. The lowest BCUT2D eigenvalue weighted by Crippen LogP contribution is -2.15. The molecule has 3 nitrogen and oxygen atoms in total. The van der Waals surface area contributed by atoms with Gasteiger partial charge in [-0.3, -0.25) is 0 Å². The first-order valence-corrected chi connectivity index (χ1v) is 16.9. The van der Waals surface area contributed by atoms with Crippen molar-refractivity contribution in [3.05, 3.63) is 163 Å². The molecule has 230 valence electrons. The van der Waals surface area contributed by atoms with Gasteiger partial charge in [-0.1, -0.05) is 153 Å². The van der Waals surface area contributed by atoms with Gasteiger partial charge in [-0.25, -0.2) is 15.0 Å². The molecule has 0 bridgehead atoms. The molecule has 49 heavy (non-hydrogen) atoms. The molecule has 10 rings (SSSR count). The zero-order valence-corrected chi connectivity index (χ0v) is 27.3. The van der Waals surface area contributed by atoms with Crippen LogP contribution >= 0.6 is 0 Å². The van der Waals surface area contributed by atoms with Crippen LogP contribution in [-0.2, 0) is 5.41 Å². The van der Waals surface area contributed by atoms with E-state index in [1.165, 1.54) is 65.3 Å². The largest absolute Gasteiger partial charge is 0.208 e. The topological polar surface area (TPSA) is 38.7 Å². The molecule has 0 amide bonds. The highest BCUT2D eigenvalue weighted by molar-refractivity contribution is 6.24. The average Bonchev–Trinajstić information content (AvgIpc) is 3.39. The maximum absolute atomic E-state index is 5.19. The first kappa shape index (κ1) is 27.9. The number of hydrogen-bond donors (Lipinski definition) is 0. The third-order valence-corrected chi connectivity index (χ3v) is 10.5. The lowest BCUT2D eigenvalue weighted by Gasteiger charge is -2.21. The summed E-state index contributed by atoms with van der Waals surface area (Å²) in [5.41, 5.74) is 8.04. The number of nitrogens with zero attached hydrogens (tertiary/aromatic N) is 3. The molecule has 1 aliphatic rings. The summed E-state index contributed by atoms with van der Waals surface area (Å²) in [5.74, 6) is 2.00. The Hall–Kier alpha value is -6.19. The van der Waals surface area contributed by atoms with Crippen molar-refractivity contribution in [3.8, 4) is 45.3 Å². The molecule has 1 aliphatic carbocycles. The van der Waals surface area contributed by atoms with Gasteiger partial charge in [0.1, 0.15) is 0 Å². The Labute approximate surface area is 284 Å². The highest BCUT2D eigenvalue weighted by Crippen LogP contribution is 2.49. The lowest BCUT2D eigenvalue weighted by atomic mass is 9.82. The monoisotopic (exact) mass is 625 g/mol. The van der Waals surface area contributed by atoms with Crippen LogP contribution in [0.5, 0.6) is 0 Å². The second-order valence-corrected chi connectivity index (χ2v) is 13.7. The summed E-state index contributed by atoms with van der Waals surface area (Å²) < 4.78 is 0. The van der Waals surface area contributed by atoms with Crippen LogP contribution in [0.4, 0.5) is 0 Å². The molecule has 0 saturated carbocycles. The minimum Gasteiger partial charge on any atom is -0.208 e. The van der Waals surface area contributed by atoms with Gasteiger partial charge in [0.05, 0.1) is 0 Å². The van der Waals surface area contributed by atoms with Crippen molar-refractivity contribution < 1.29 is 0 Å². The molecule has 0 atom stereocenters. The van der Waals surface area contributed by atoms with E-state index >= 15 is 0 Å². The Morgan fingerprint density at radius 3 is 1.80 bits per heavy atom. The maximum atomic E-state index is 5.19. The van der Waals surface area contributed by atoms with Crippen LogP contribution in [0, 0.1) is 0 Å². The third-order valence-electron chi connectivity index (χ3n) is 10.5. The fourth-order valence-electron chi connectivity index (χ4n) is 7.98. The van der Waals surface area contributed by atoms with Gasteiger partial charge in [0, 0.05) is 22.1 Å². The standard InChI is InChI=1S/C46H31N3/c1-46(2)40-15-9-8-14-36(40)37-24-22-33(27-41(37)46)45-48-43(31-11-4-3-5-12-31)47-44(49-45)32-19-17-29-16-18-30-21-23-35-34-13-7-6-10-28(34)20-25-38(35)42(30)39(29)26-32/h3-27H,1-2H3. The van der Waals surface area contributed by atoms with Gasteiger partial charge in [-0.15, -0.1) is 0 Å². The van der Waals surface area contributed by atoms with Gasteiger partial charge in [-0.2, -0.15) is 0 Å². The van der Waals surface area contributed by atoms with Gasteiger partial charge in [-0.05, 0) is 77.5 Å². The Morgan fingerprint density at radius 2 is 0.939 bits per heavy atom. The van der Waals surface area contributed by atoms with E-state index < -0.39 is 0 Å². The van der Waals surface area contributed by atoms with E-state index in [0.717, 1.165) is 16.7 Å². The predicted molar refractivity (Wildman–Crippen MR) is 204 cm³/mol. The number of aromatic nitrogens is 3. The molecule has 0 fully saturated rings. The van der Waals surface area contributed by atoms with E-state index in [0.29, 0.717) is 17.5 Å². The molecule has 0 saturated heterocycles. The van der Waals surface area contributed by atoms with Crippen LogP contribution < -0.4 is 0 Å². The van der Waals surface area contributed by atoms with Gasteiger partial charge < -0.3 is 0 Å². The van der Waals surface area contributed by atoms with Crippen molar-refractivity contribution in [2.24, 2.45) is 0 Å². The summed E-state index contributed by atoms with van der Waals surface area (Å²) in [7, 11) is 0. The summed E-state index contributed by atoms with van der Waals surface area (Å²) in [5, 5.41) is 9.88. The molecular weight excluding hydrogens is 595 g/mol. The third kappa shape index (κ3) is 4.25. The lowest BCUT2D eigenvalue weighted by molar-refractivity contribution is 0.660. The Balaban J connectivity index is 1.19. The van der Waals surface area contributed by atoms with E-state index in [4.69, 9.17) is 15.0 Å². The van der Waals surface area contributed by atoms with Gasteiger partial charge in [0.15, 0.2) is 17.5 Å². The number of hydrogen-bond acceptors (Lipinski definition) is 3. The molecular formula is C46H31N3. The average molecular weight is 626 g/mol. The van der Waals surface area contributed by atoms with Crippen molar-refractivity contribution in [2.75, 3.05) is 0 Å². The number of benzene rings is 8. The first-order valence-electron chi connectivity index (χ1n) is 16.9. The summed E-state index contributed by atoms with van der Waals surface area (Å²) in [6.07, 6.45) is 0. The second-order valence-electron chi connectivity index (χ2n) is 13.7. The molecule has 0 N–H and O–H groups in total. The summed E-state index contributed by atoms with van der Waals surface area (Å²) in [4.78, 5) is 15.4. The van der Waals surface area contributed by atoms with Crippen LogP contribution in [0.15, 0.2) is 152 Å². The molecule has 0 radical (unpaired) electrons. The SMILES string of the molecule is CC1(C)c2ccccc2-c2ccc(-c3nc(-c4ccccc4)nc(-c4ccc5ccc6ccc7c8ccccc8ccc7c6c5c4)n3)cc21. The van der Waals surface area contributed by atoms with E-state index in [1.54, 1.807) is 0 Å². The molecule has 0 unspecified atom stereocenters. The van der Waals surface area contributed by atoms with Crippen LogP contribution in [0.3, 0.4) is 0 Å². The van der Waals surface area contributed by atoms with E-state index in [2.05, 4.69) is 147 Å². The second kappa shape index (κ2) is 10.4. The van der Waals surface area contributed by atoms with Gasteiger partial charge in [0.25, 0.3) is 0 Å². The van der Waals surface area contributed by atoms with Crippen LogP contribution in [-0.4, -0.2) is 15.0 Å². The smallest absolute Gasteiger partial charge is 0.164 e. The highest BCUT2D eigenvalue weighted by Gasteiger charge is 2.35. The zero-order chi connectivity index (χ0) is 32.7. The fourth-order valence-corrected chi connectivity index (χ4v) is 7.98. The molecule has 0 aliphatic heterocycles. The summed E-state index contributed by atoms with van der Waals surface area (Å²) >= 11 is 0. The quantitative estimate of drug-likeness (QED) is 0.183. The predicted octanol–water partition coefficient (Wildman–Crippen LogP) is 11.8. The number of fused-ring (bicyclic) bond motifs is 10.